The van der Waals surface area contributed by atoms with Crippen molar-refractivity contribution in [1.29, 1.82) is 0 Å². The van der Waals surface area contributed by atoms with Crippen LogP contribution in [0.3, 0.4) is 0 Å². The van der Waals surface area contributed by atoms with Gasteiger partial charge in [-0.1, -0.05) is 23.5 Å². The molecule has 2 heterocycles. The number of aromatic nitrogens is 1. The van der Waals surface area contributed by atoms with Crippen LogP contribution in [0.4, 0.5) is 0 Å². The summed E-state index contributed by atoms with van der Waals surface area (Å²) in [5, 5.41) is 0. The first-order valence-corrected chi connectivity index (χ1v) is 9.40. The zero-order valence-corrected chi connectivity index (χ0v) is 15.8. The summed E-state index contributed by atoms with van der Waals surface area (Å²) in [4.78, 5) is 27.7. The van der Waals surface area contributed by atoms with E-state index in [0.717, 1.165) is 42.1 Å². The Hall–Kier alpha value is -2.08. The first-order valence-electron chi connectivity index (χ1n) is 8.59. The van der Waals surface area contributed by atoms with E-state index in [1.165, 1.54) is 16.9 Å². The van der Waals surface area contributed by atoms with Crippen LogP contribution in [-0.2, 0) is 17.8 Å². The lowest BCUT2D eigenvalue weighted by atomic mass is 10.0. The summed E-state index contributed by atoms with van der Waals surface area (Å²) in [5.74, 6) is 0.873. The summed E-state index contributed by atoms with van der Waals surface area (Å²) in [6.45, 7) is 4.73. The molecule has 1 aromatic heterocycles. The highest BCUT2D eigenvalue weighted by atomic mass is 32.1. The van der Waals surface area contributed by atoms with Gasteiger partial charge in [-0.15, -0.1) is 0 Å². The smallest absolute Gasteiger partial charge is 0.308 e. The minimum Gasteiger partial charge on any atom is -0.497 e. The van der Waals surface area contributed by atoms with Crippen molar-refractivity contribution >= 4 is 17.2 Å². The lowest BCUT2D eigenvalue weighted by Gasteiger charge is -2.25. The summed E-state index contributed by atoms with van der Waals surface area (Å²) >= 11 is 1.21. The lowest BCUT2D eigenvalue weighted by Crippen LogP contribution is -2.40. The van der Waals surface area contributed by atoms with Crippen molar-refractivity contribution in [2.75, 3.05) is 13.7 Å². The molecule has 0 aliphatic carbocycles. The normalized spacial score (nSPS) is 17.1. The van der Waals surface area contributed by atoms with E-state index in [1.807, 2.05) is 36.9 Å². The Morgan fingerprint density at radius 1 is 1.36 bits per heavy atom. The fourth-order valence-electron chi connectivity index (χ4n) is 3.44. The summed E-state index contributed by atoms with van der Waals surface area (Å²) in [7, 11) is 1.66. The number of amides is 1. The largest absolute Gasteiger partial charge is 0.497 e. The van der Waals surface area contributed by atoms with E-state index in [9.17, 15) is 9.59 Å². The summed E-state index contributed by atoms with van der Waals surface area (Å²) in [6, 6.07) is 8.19. The number of hydrogen-bond acceptors (Lipinski definition) is 4. The SMILES string of the molecule is COc1cccc(CC2CCCN2C(=O)Cn2c(C)c(C)sc2=O)c1. The number of nitrogens with zero attached hydrogens (tertiary/aromatic N) is 2. The molecule has 0 saturated carbocycles. The molecule has 1 atom stereocenters. The van der Waals surface area contributed by atoms with Gasteiger partial charge < -0.3 is 9.64 Å². The highest BCUT2D eigenvalue weighted by molar-refractivity contribution is 7.09. The molecule has 5 nitrogen and oxygen atoms in total. The molecule has 134 valence electrons. The predicted octanol–water partition coefficient (Wildman–Crippen LogP) is 2.77. The minimum atomic E-state index is -0.0492. The van der Waals surface area contributed by atoms with Gasteiger partial charge in [0.15, 0.2) is 0 Å². The van der Waals surface area contributed by atoms with E-state index in [1.54, 1.807) is 11.7 Å². The molecular formula is C19H24N2O3S. The van der Waals surface area contributed by atoms with Gasteiger partial charge in [-0.2, -0.15) is 0 Å². The van der Waals surface area contributed by atoms with E-state index < -0.39 is 0 Å². The molecule has 1 aliphatic rings. The van der Waals surface area contributed by atoms with Crippen LogP contribution >= 0.6 is 11.3 Å². The molecule has 0 N–H and O–H groups in total. The molecular weight excluding hydrogens is 336 g/mol. The number of aryl methyl sites for hydroxylation is 1. The first-order chi connectivity index (χ1) is 12.0. The number of ether oxygens (including phenoxy) is 1. The van der Waals surface area contributed by atoms with E-state index in [2.05, 4.69) is 6.07 Å². The van der Waals surface area contributed by atoms with Gasteiger partial charge in [0.25, 0.3) is 0 Å². The number of likely N-dealkylation sites (tertiary alicyclic amines) is 1. The number of carbonyl (C=O) groups is 1. The Bertz CT molecular complexity index is 824. The number of rotatable bonds is 5. The Morgan fingerprint density at radius 2 is 2.16 bits per heavy atom. The standard InChI is InChI=1S/C19H24N2O3S/c1-13-14(2)25-19(23)21(13)12-18(22)20-9-5-7-16(20)10-15-6-4-8-17(11-15)24-3/h4,6,8,11,16H,5,7,9-10,12H2,1-3H3. The fraction of sp³-hybridized carbons (Fsp3) is 0.474. The molecule has 1 unspecified atom stereocenters. The molecule has 0 radical (unpaired) electrons. The van der Waals surface area contributed by atoms with Gasteiger partial charge in [-0.3, -0.25) is 14.2 Å². The third-order valence-electron chi connectivity index (χ3n) is 4.97. The fourth-order valence-corrected chi connectivity index (χ4v) is 4.28. The maximum atomic E-state index is 12.8. The van der Waals surface area contributed by atoms with Crippen LogP contribution < -0.4 is 9.61 Å². The zero-order valence-electron chi connectivity index (χ0n) is 14.9. The van der Waals surface area contributed by atoms with Crippen molar-refractivity contribution in [1.82, 2.24) is 9.47 Å². The molecule has 1 aromatic carbocycles. The van der Waals surface area contributed by atoms with Gasteiger partial charge in [0.2, 0.25) is 5.91 Å². The Morgan fingerprint density at radius 3 is 2.84 bits per heavy atom. The van der Waals surface area contributed by atoms with Crippen LogP contribution in [0, 0.1) is 13.8 Å². The van der Waals surface area contributed by atoms with Crippen LogP contribution in [-0.4, -0.2) is 35.1 Å². The van der Waals surface area contributed by atoms with Crippen molar-refractivity contribution in [3.05, 3.63) is 50.1 Å². The summed E-state index contributed by atoms with van der Waals surface area (Å²) in [5.41, 5.74) is 2.07. The molecule has 1 amide bonds. The molecule has 25 heavy (non-hydrogen) atoms. The van der Waals surface area contributed by atoms with Crippen LogP contribution in [0.15, 0.2) is 29.1 Å². The van der Waals surface area contributed by atoms with Crippen molar-refractivity contribution in [2.24, 2.45) is 0 Å². The third-order valence-corrected chi connectivity index (χ3v) is 5.97. The highest BCUT2D eigenvalue weighted by Gasteiger charge is 2.29. The third kappa shape index (κ3) is 3.79. The first kappa shape index (κ1) is 17.7. The zero-order chi connectivity index (χ0) is 18.0. The quantitative estimate of drug-likeness (QED) is 0.824. The molecule has 6 heteroatoms. The number of thiazole rings is 1. The average Bonchev–Trinajstić information content (AvgIpc) is 3.15. The van der Waals surface area contributed by atoms with Crippen molar-refractivity contribution in [3.8, 4) is 5.75 Å². The van der Waals surface area contributed by atoms with E-state index >= 15 is 0 Å². The Kier molecular flexibility index (Phi) is 5.27. The maximum absolute atomic E-state index is 12.8. The van der Waals surface area contributed by atoms with Crippen molar-refractivity contribution in [2.45, 2.75) is 45.7 Å². The number of carbonyl (C=O) groups excluding carboxylic acids is 1. The van der Waals surface area contributed by atoms with Crippen molar-refractivity contribution in [3.63, 3.8) is 0 Å². The summed E-state index contributed by atoms with van der Waals surface area (Å²) in [6.07, 6.45) is 2.83. The van der Waals surface area contributed by atoms with Gasteiger partial charge in [-0.05, 0) is 50.8 Å². The second kappa shape index (κ2) is 7.44. The molecule has 2 aromatic rings. The molecule has 3 rings (SSSR count). The second-order valence-electron chi connectivity index (χ2n) is 6.53. The second-order valence-corrected chi connectivity index (χ2v) is 7.70. The lowest BCUT2D eigenvalue weighted by molar-refractivity contribution is -0.132. The minimum absolute atomic E-state index is 0.0356. The number of hydrogen-bond donors (Lipinski definition) is 0. The van der Waals surface area contributed by atoms with E-state index in [-0.39, 0.29) is 23.4 Å². The average molecular weight is 360 g/mol. The van der Waals surface area contributed by atoms with Gasteiger partial charge in [-0.25, -0.2) is 0 Å². The van der Waals surface area contributed by atoms with Crippen molar-refractivity contribution < 1.29 is 9.53 Å². The van der Waals surface area contributed by atoms with Crippen LogP contribution in [0.25, 0.3) is 0 Å². The Labute approximate surface area is 151 Å². The summed E-state index contributed by atoms with van der Waals surface area (Å²) < 4.78 is 6.88. The molecule has 1 fully saturated rings. The van der Waals surface area contributed by atoms with E-state index in [0.29, 0.717) is 0 Å². The number of benzene rings is 1. The van der Waals surface area contributed by atoms with Gasteiger partial charge in [0, 0.05) is 23.2 Å². The molecule has 1 saturated heterocycles. The highest BCUT2D eigenvalue weighted by Crippen LogP contribution is 2.23. The maximum Gasteiger partial charge on any atom is 0.308 e. The molecule has 0 bridgehead atoms. The topological polar surface area (TPSA) is 51.5 Å². The van der Waals surface area contributed by atoms with Crippen LogP contribution in [0.5, 0.6) is 5.75 Å². The predicted molar refractivity (Wildman–Crippen MR) is 99.5 cm³/mol. The Balaban J connectivity index is 1.72. The van der Waals surface area contributed by atoms with Gasteiger partial charge in [0.05, 0.1) is 7.11 Å². The molecule has 1 aliphatic heterocycles. The monoisotopic (exact) mass is 360 g/mol. The molecule has 0 spiro atoms. The van der Waals surface area contributed by atoms with Crippen LogP contribution in [0.1, 0.15) is 29.0 Å². The van der Waals surface area contributed by atoms with Gasteiger partial charge >= 0.3 is 4.87 Å². The van der Waals surface area contributed by atoms with Gasteiger partial charge in [0.1, 0.15) is 12.3 Å². The van der Waals surface area contributed by atoms with E-state index in [4.69, 9.17) is 4.74 Å². The number of methoxy groups -OCH3 is 1. The van der Waals surface area contributed by atoms with Crippen LogP contribution in [0.2, 0.25) is 0 Å².